The number of thiophene rings is 1. The Labute approximate surface area is 88.2 Å². The fourth-order valence-electron chi connectivity index (χ4n) is 1.18. The average Bonchev–Trinajstić information content (AvgIpc) is 2.65. The van der Waals surface area contributed by atoms with Crippen molar-refractivity contribution in [2.45, 2.75) is 19.3 Å². The highest BCUT2D eigenvalue weighted by molar-refractivity contribution is 7.12. The molecule has 0 aliphatic rings. The van der Waals surface area contributed by atoms with Gasteiger partial charge in [-0.15, -0.1) is 17.9 Å². The second kappa shape index (κ2) is 5.60. The largest absolute Gasteiger partial charge is 0.495 e. The van der Waals surface area contributed by atoms with Crippen LogP contribution in [0.25, 0.3) is 0 Å². The van der Waals surface area contributed by atoms with Gasteiger partial charge in [0.05, 0.1) is 7.11 Å². The van der Waals surface area contributed by atoms with Crippen LogP contribution >= 0.6 is 11.3 Å². The summed E-state index contributed by atoms with van der Waals surface area (Å²) in [5.41, 5.74) is 0. The van der Waals surface area contributed by atoms with Gasteiger partial charge in [0, 0.05) is 6.42 Å². The molecule has 1 heterocycles. The first-order valence-corrected chi connectivity index (χ1v) is 5.43. The van der Waals surface area contributed by atoms with Crippen LogP contribution in [0.1, 0.15) is 28.9 Å². The lowest BCUT2D eigenvalue weighted by molar-refractivity contribution is 0.0981. The third-order valence-corrected chi connectivity index (χ3v) is 2.85. The summed E-state index contributed by atoms with van der Waals surface area (Å²) in [7, 11) is 1.59. The summed E-state index contributed by atoms with van der Waals surface area (Å²) in [5, 5.41) is 1.87. The molecule has 0 aliphatic heterocycles. The van der Waals surface area contributed by atoms with E-state index >= 15 is 0 Å². The molecule has 0 spiro atoms. The molecule has 0 atom stereocenters. The van der Waals surface area contributed by atoms with Gasteiger partial charge in [-0.25, -0.2) is 0 Å². The molecule has 1 aromatic heterocycles. The van der Waals surface area contributed by atoms with Crippen molar-refractivity contribution in [1.82, 2.24) is 0 Å². The highest BCUT2D eigenvalue weighted by Crippen LogP contribution is 2.26. The zero-order chi connectivity index (χ0) is 10.4. The van der Waals surface area contributed by atoms with E-state index in [0.29, 0.717) is 12.2 Å². The van der Waals surface area contributed by atoms with Crippen molar-refractivity contribution in [3.05, 3.63) is 29.0 Å². The molecule has 0 saturated carbocycles. The van der Waals surface area contributed by atoms with E-state index in [1.54, 1.807) is 7.11 Å². The number of carbonyl (C=O) groups is 1. The fourth-order valence-corrected chi connectivity index (χ4v) is 2.01. The fraction of sp³-hybridized carbons (Fsp3) is 0.364. The lowest BCUT2D eigenvalue weighted by Gasteiger charge is -2.00. The van der Waals surface area contributed by atoms with E-state index in [-0.39, 0.29) is 5.78 Å². The molecule has 14 heavy (non-hydrogen) atoms. The van der Waals surface area contributed by atoms with Crippen molar-refractivity contribution in [1.29, 1.82) is 0 Å². The second-order valence-corrected chi connectivity index (χ2v) is 3.84. The van der Waals surface area contributed by atoms with Crippen LogP contribution in [0.3, 0.4) is 0 Å². The van der Waals surface area contributed by atoms with Crippen LogP contribution < -0.4 is 4.74 Å². The molecular formula is C11H14O2S. The SMILES string of the molecule is C=CCCCC(=O)c1sccc1OC. The van der Waals surface area contributed by atoms with E-state index in [1.165, 1.54) is 11.3 Å². The van der Waals surface area contributed by atoms with Crippen LogP contribution in [-0.2, 0) is 0 Å². The Bertz CT molecular complexity index is 315. The van der Waals surface area contributed by atoms with E-state index < -0.39 is 0 Å². The first-order chi connectivity index (χ1) is 6.79. The molecule has 0 amide bonds. The molecule has 76 valence electrons. The van der Waals surface area contributed by atoms with Gasteiger partial charge in [-0.3, -0.25) is 4.79 Å². The number of unbranched alkanes of at least 4 members (excludes halogenated alkanes) is 1. The molecule has 0 saturated heterocycles. The number of ether oxygens (including phenoxy) is 1. The monoisotopic (exact) mass is 210 g/mol. The van der Waals surface area contributed by atoms with Crippen molar-refractivity contribution in [2.24, 2.45) is 0 Å². The Hall–Kier alpha value is -1.09. The number of Topliss-reactive ketones (excluding diaryl/α,β-unsaturated/α-hetero) is 1. The van der Waals surface area contributed by atoms with Crippen LogP contribution in [0.2, 0.25) is 0 Å². The third kappa shape index (κ3) is 2.70. The van der Waals surface area contributed by atoms with Crippen LogP contribution in [0.4, 0.5) is 0 Å². The Morgan fingerprint density at radius 2 is 2.50 bits per heavy atom. The summed E-state index contributed by atoms with van der Waals surface area (Å²) in [6, 6.07) is 1.82. The molecule has 0 fully saturated rings. The number of hydrogen-bond acceptors (Lipinski definition) is 3. The molecular weight excluding hydrogens is 196 g/mol. The Balaban J connectivity index is 2.55. The number of hydrogen-bond donors (Lipinski definition) is 0. The smallest absolute Gasteiger partial charge is 0.176 e. The van der Waals surface area contributed by atoms with Gasteiger partial charge in [-0.1, -0.05) is 6.08 Å². The number of methoxy groups -OCH3 is 1. The Kier molecular flexibility index (Phi) is 4.40. The molecule has 3 heteroatoms. The van der Waals surface area contributed by atoms with Gasteiger partial charge in [-0.2, -0.15) is 0 Å². The van der Waals surface area contributed by atoms with E-state index in [9.17, 15) is 4.79 Å². The van der Waals surface area contributed by atoms with Crippen molar-refractivity contribution in [2.75, 3.05) is 7.11 Å². The minimum Gasteiger partial charge on any atom is -0.495 e. The van der Waals surface area contributed by atoms with E-state index in [0.717, 1.165) is 17.7 Å². The summed E-state index contributed by atoms with van der Waals surface area (Å²) < 4.78 is 5.08. The average molecular weight is 210 g/mol. The van der Waals surface area contributed by atoms with Gasteiger partial charge in [-0.05, 0) is 24.3 Å². The lowest BCUT2D eigenvalue weighted by Crippen LogP contribution is -1.98. The quantitative estimate of drug-likeness (QED) is 0.409. The molecule has 0 radical (unpaired) electrons. The predicted molar refractivity (Wildman–Crippen MR) is 59.2 cm³/mol. The minimum atomic E-state index is 0.165. The van der Waals surface area contributed by atoms with E-state index in [4.69, 9.17) is 4.74 Å². The molecule has 1 rings (SSSR count). The van der Waals surface area contributed by atoms with Crippen LogP contribution in [0.5, 0.6) is 5.75 Å². The third-order valence-electron chi connectivity index (χ3n) is 1.91. The van der Waals surface area contributed by atoms with Gasteiger partial charge in [0.1, 0.15) is 10.6 Å². The van der Waals surface area contributed by atoms with Gasteiger partial charge in [0.25, 0.3) is 0 Å². The summed E-state index contributed by atoms with van der Waals surface area (Å²) >= 11 is 1.44. The number of rotatable bonds is 6. The molecule has 1 aromatic rings. The Morgan fingerprint density at radius 1 is 1.71 bits per heavy atom. The zero-order valence-corrected chi connectivity index (χ0v) is 9.10. The molecule has 0 aromatic carbocycles. The number of allylic oxidation sites excluding steroid dienone is 1. The normalized spacial score (nSPS) is 9.79. The van der Waals surface area contributed by atoms with Crippen molar-refractivity contribution in [3.8, 4) is 5.75 Å². The molecule has 0 bridgehead atoms. The van der Waals surface area contributed by atoms with Crippen LogP contribution in [0, 0.1) is 0 Å². The summed E-state index contributed by atoms with van der Waals surface area (Å²) in [6.45, 7) is 3.62. The van der Waals surface area contributed by atoms with Gasteiger partial charge < -0.3 is 4.74 Å². The van der Waals surface area contributed by atoms with Crippen molar-refractivity contribution < 1.29 is 9.53 Å². The standard InChI is InChI=1S/C11H14O2S/c1-3-4-5-6-9(12)11-10(13-2)7-8-14-11/h3,7-8H,1,4-6H2,2H3. The predicted octanol–water partition coefficient (Wildman–Crippen LogP) is 3.30. The zero-order valence-electron chi connectivity index (χ0n) is 8.29. The molecule has 0 unspecified atom stereocenters. The molecule has 0 aliphatic carbocycles. The van der Waals surface area contributed by atoms with Crippen LogP contribution in [-0.4, -0.2) is 12.9 Å². The van der Waals surface area contributed by atoms with Crippen molar-refractivity contribution in [3.63, 3.8) is 0 Å². The molecule has 0 N–H and O–H groups in total. The lowest BCUT2D eigenvalue weighted by atomic mass is 10.1. The number of ketones is 1. The maximum Gasteiger partial charge on any atom is 0.176 e. The summed E-state index contributed by atoms with van der Waals surface area (Å²) in [5.74, 6) is 0.859. The van der Waals surface area contributed by atoms with Gasteiger partial charge in [0.2, 0.25) is 0 Å². The maximum atomic E-state index is 11.7. The highest BCUT2D eigenvalue weighted by atomic mass is 32.1. The van der Waals surface area contributed by atoms with E-state index in [2.05, 4.69) is 6.58 Å². The van der Waals surface area contributed by atoms with Gasteiger partial charge >= 0.3 is 0 Å². The first-order valence-electron chi connectivity index (χ1n) is 4.55. The van der Waals surface area contributed by atoms with Crippen molar-refractivity contribution >= 4 is 17.1 Å². The summed E-state index contributed by atoms with van der Waals surface area (Å²) in [4.78, 5) is 12.4. The topological polar surface area (TPSA) is 26.3 Å². The second-order valence-electron chi connectivity index (χ2n) is 2.92. The van der Waals surface area contributed by atoms with E-state index in [1.807, 2.05) is 17.5 Å². The highest BCUT2D eigenvalue weighted by Gasteiger charge is 2.12. The minimum absolute atomic E-state index is 0.165. The summed E-state index contributed by atoms with van der Waals surface area (Å²) in [6.07, 6.45) is 4.16. The molecule has 2 nitrogen and oxygen atoms in total. The van der Waals surface area contributed by atoms with Crippen LogP contribution in [0.15, 0.2) is 24.1 Å². The maximum absolute atomic E-state index is 11.7. The van der Waals surface area contributed by atoms with Gasteiger partial charge in [0.15, 0.2) is 5.78 Å². The number of carbonyl (C=O) groups excluding carboxylic acids is 1. The Morgan fingerprint density at radius 3 is 3.14 bits per heavy atom. The first kappa shape index (κ1) is 11.0.